The number of amides is 2. The number of aliphatic hydroxyl groups is 1. The summed E-state index contributed by atoms with van der Waals surface area (Å²) in [6, 6.07) is -0.0992. The summed E-state index contributed by atoms with van der Waals surface area (Å²) >= 11 is 1.65. The summed E-state index contributed by atoms with van der Waals surface area (Å²) in [7, 11) is 1.79. The molecule has 6 heteroatoms. The van der Waals surface area contributed by atoms with Crippen LogP contribution in [0.4, 0.5) is 4.79 Å². The Hall–Kier alpha value is -1.14. The van der Waals surface area contributed by atoms with Gasteiger partial charge in [0.2, 0.25) is 0 Å². The van der Waals surface area contributed by atoms with Gasteiger partial charge in [0, 0.05) is 24.4 Å². The number of nitrogens with one attached hydrogen (secondary N) is 1. The molecule has 1 saturated carbocycles. The van der Waals surface area contributed by atoms with Gasteiger partial charge in [-0.25, -0.2) is 9.78 Å². The lowest BCUT2D eigenvalue weighted by atomic mass is 9.86. The number of aryl methyl sites for hydroxylation is 2. The Balaban J connectivity index is 1.80. The second-order valence-electron chi connectivity index (χ2n) is 5.89. The molecule has 0 radical (unpaired) electrons. The molecule has 2 N–H and O–H groups in total. The monoisotopic (exact) mass is 311 g/mol. The molecule has 1 aromatic heterocycles. The zero-order chi connectivity index (χ0) is 15.4. The van der Waals surface area contributed by atoms with Crippen LogP contribution in [0, 0.1) is 19.8 Å². The maximum Gasteiger partial charge on any atom is 0.317 e. The molecule has 2 rings (SSSR count). The Bertz CT molecular complexity index is 489. The first kappa shape index (κ1) is 16.2. The predicted molar refractivity (Wildman–Crippen MR) is 84.4 cm³/mol. The summed E-state index contributed by atoms with van der Waals surface area (Å²) in [6.07, 6.45) is 3.84. The average molecular weight is 311 g/mol. The summed E-state index contributed by atoms with van der Waals surface area (Å²) in [5, 5.41) is 13.9. The van der Waals surface area contributed by atoms with Gasteiger partial charge in [-0.05, 0) is 26.7 Å². The molecule has 0 spiro atoms. The molecule has 0 bridgehead atoms. The van der Waals surface area contributed by atoms with Gasteiger partial charge in [0.1, 0.15) is 0 Å². The summed E-state index contributed by atoms with van der Waals surface area (Å²) in [6.45, 7) is 5.07. The fourth-order valence-electron chi connectivity index (χ4n) is 2.87. The molecule has 21 heavy (non-hydrogen) atoms. The van der Waals surface area contributed by atoms with E-state index in [4.69, 9.17) is 0 Å². The highest BCUT2D eigenvalue weighted by Crippen LogP contribution is 2.24. The van der Waals surface area contributed by atoms with Crippen molar-refractivity contribution < 1.29 is 9.90 Å². The molecule has 5 nitrogen and oxygen atoms in total. The number of hydrogen-bond donors (Lipinski definition) is 2. The molecule has 1 heterocycles. The number of thiazole rings is 1. The van der Waals surface area contributed by atoms with Gasteiger partial charge in [-0.2, -0.15) is 0 Å². The highest BCUT2D eigenvalue weighted by Gasteiger charge is 2.25. The third-order valence-electron chi connectivity index (χ3n) is 4.13. The SMILES string of the molecule is Cc1nc(CNC(=O)N(C)CC2CCCCC2O)c(C)s1. The van der Waals surface area contributed by atoms with E-state index in [0.29, 0.717) is 13.1 Å². The number of aromatic nitrogens is 1. The smallest absolute Gasteiger partial charge is 0.317 e. The Labute approximate surface area is 130 Å². The molecule has 0 aliphatic heterocycles. The van der Waals surface area contributed by atoms with Crippen molar-refractivity contribution in [2.75, 3.05) is 13.6 Å². The van der Waals surface area contributed by atoms with Gasteiger partial charge in [0.05, 0.1) is 23.4 Å². The molecule has 1 aliphatic rings. The van der Waals surface area contributed by atoms with Crippen LogP contribution < -0.4 is 5.32 Å². The Morgan fingerprint density at radius 2 is 2.14 bits per heavy atom. The molecular formula is C15H25N3O2S. The highest BCUT2D eigenvalue weighted by atomic mass is 32.1. The molecule has 1 fully saturated rings. The lowest BCUT2D eigenvalue weighted by molar-refractivity contribution is 0.0565. The van der Waals surface area contributed by atoms with Crippen LogP contribution in [-0.4, -0.2) is 40.7 Å². The van der Waals surface area contributed by atoms with Crippen LogP contribution in [-0.2, 0) is 6.54 Å². The fraction of sp³-hybridized carbons (Fsp3) is 0.733. The summed E-state index contributed by atoms with van der Waals surface area (Å²) < 4.78 is 0. The molecule has 118 valence electrons. The number of carbonyl (C=O) groups excluding carboxylic acids is 1. The van der Waals surface area contributed by atoms with Gasteiger partial charge in [-0.15, -0.1) is 11.3 Å². The van der Waals surface area contributed by atoms with E-state index in [1.807, 2.05) is 13.8 Å². The van der Waals surface area contributed by atoms with Crippen LogP contribution in [0.25, 0.3) is 0 Å². The van der Waals surface area contributed by atoms with Crippen LogP contribution in [0.5, 0.6) is 0 Å². The summed E-state index contributed by atoms with van der Waals surface area (Å²) in [5.41, 5.74) is 0.942. The fourth-order valence-corrected chi connectivity index (χ4v) is 3.70. The highest BCUT2D eigenvalue weighted by molar-refractivity contribution is 7.11. The normalized spacial score (nSPS) is 22.1. The second kappa shape index (κ2) is 7.22. The van der Waals surface area contributed by atoms with Gasteiger partial charge in [0.25, 0.3) is 0 Å². The van der Waals surface area contributed by atoms with Crippen LogP contribution in [0.3, 0.4) is 0 Å². The van der Waals surface area contributed by atoms with E-state index in [0.717, 1.165) is 41.3 Å². The van der Waals surface area contributed by atoms with Crippen LogP contribution in [0.2, 0.25) is 0 Å². The van der Waals surface area contributed by atoms with Crippen LogP contribution in [0.15, 0.2) is 0 Å². The lowest BCUT2D eigenvalue weighted by Gasteiger charge is -2.31. The lowest BCUT2D eigenvalue weighted by Crippen LogP contribution is -2.42. The van der Waals surface area contributed by atoms with Crippen LogP contribution in [0.1, 0.15) is 41.3 Å². The number of aliphatic hydroxyl groups excluding tert-OH is 1. The van der Waals surface area contributed by atoms with E-state index >= 15 is 0 Å². The predicted octanol–water partition coefficient (Wildman–Crippen LogP) is 2.45. The van der Waals surface area contributed by atoms with E-state index in [-0.39, 0.29) is 18.1 Å². The molecule has 1 aromatic rings. The van der Waals surface area contributed by atoms with Crippen molar-refractivity contribution in [3.63, 3.8) is 0 Å². The zero-order valence-electron chi connectivity index (χ0n) is 13.1. The van der Waals surface area contributed by atoms with Gasteiger partial charge < -0.3 is 15.3 Å². The summed E-state index contributed by atoms with van der Waals surface area (Å²) in [5.74, 6) is 0.206. The van der Waals surface area contributed by atoms with E-state index in [1.54, 1.807) is 23.3 Å². The molecular weight excluding hydrogens is 286 g/mol. The molecule has 2 unspecified atom stereocenters. The Morgan fingerprint density at radius 1 is 1.43 bits per heavy atom. The molecule has 0 aromatic carbocycles. The van der Waals surface area contributed by atoms with Crippen molar-refractivity contribution in [2.45, 2.75) is 52.2 Å². The van der Waals surface area contributed by atoms with Crippen molar-refractivity contribution in [1.82, 2.24) is 15.2 Å². The van der Waals surface area contributed by atoms with Crippen molar-refractivity contribution in [1.29, 1.82) is 0 Å². The molecule has 1 aliphatic carbocycles. The number of carbonyl (C=O) groups is 1. The third kappa shape index (κ3) is 4.41. The topological polar surface area (TPSA) is 65.5 Å². The van der Waals surface area contributed by atoms with Gasteiger partial charge in [-0.1, -0.05) is 12.8 Å². The minimum atomic E-state index is -0.266. The first-order valence-corrected chi connectivity index (χ1v) is 8.39. The first-order chi connectivity index (χ1) is 9.97. The Morgan fingerprint density at radius 3 is 2.76 bits per heavy atom. The molecule has 2 amide bonds. The Kier molecular flexibility index (Phi) is 5.58. The average Bonchev–Trinajstić information content (AvgIpc) is 2.76. The van der Waals surface area contributed by atoms with E-state index in [1.165, 1.54) is 0 Å². The molecule has 0 saturated heterocycles. The number of urea groups is 1. The standard InChI is InChI=1S/C15H25N3O2S/c1-10-13(17-11(2)21-10)8-16-15(20)18(3)9-12-6-4-5-7-14(12)19/h12,14,19H,4-9H2,1-3H3,(H,16,20). The largest absolute Gasteiger partial charge is 0.393 e. The van der Waals surface area contributed by atoms with E-state index in [2.05, 4.69) is 10.3 Å². The second-order valence-corrected chi connectivity index (χ2v) is 7.29. The van der Waals surface area contributed by atoms with Gasteiger partial charge in [0.15, 0.2) is 0 Å². The summed E-state index contributed by atoms with van der Waals surface area (Å²) in [4.78, 5) is 19.4. The number of hydrogen-bond acceptors (Lipinski definition) is 4. The number of rotatable bonds is 4. The minimum absolute atomic E-state index is 0.0992. The van der Waals surface area contributed by atoms with Crippen molar-refractivity contribution in [3.05, 3.63) is 15.6 Å². The van der Waals surface area contributed by atoms with Gasteiger partial charge >= 0.3 is 6.03 Å². The zero-order valence-corrected chi connectivity index (χ0v) is 13.9. The molecule has 2 atom stereocenters. The van der Waals surface area contributed by atoms with Crippen molar-refractivity contribution in [2.24, 2.45) is 5.92 Å². The minimum Gasteiger partial charge on any atom is -0.393 e. The first-order valence-electron chi connectivity index (χ1n) is 7.57. The van der Waals surface area contributed by atoms with E-state index in [9.17, 15) is 9.90 Å². The third-order valence-corrected chi connectivity index (χ3v) is 5.06. The van der Waals surface area contributed by atoms with Crippen molar-refractivity contribution in [3.8, 4) is 0 Å². The maximum absolute atomic E-state index is 12.1. The van der Waals surface area contributed by atoms with Crippen LogP contribution >= 0.6 is 11.3 Å². The quantitative estimate of drug-likeness (QED) is 0.897. The van der Waals surface area contributed by atoms with E-state index < -0.39 is 0 Å². The van der Waals surface area contributed by atoms with Gasteiger partial charge in [-0.3, -0.25) is 0 Å². The number of nitrogens with zero attached hydrogens (tertiary/aromatic N) is 2. The maximum atomic E-state index is 12.1. The van der Waals surface area contributed by atoms with Crippen molar-refractivity contribution >= 4 is 17.4 Å².